The largest absolute Gasteiger partial charge is 0.480 e. The van der Waals surface area contributed by atoms with Gasteiger partial charge in [-0.05, 0) is 82.3 Å². The fraction of sp³-hybridized carbons (Fsp3) is 0.375. The van der Waals surface area contributed by atoms with Crippen molar-refractivity contribution in [1.29, 1.82) is 0 Å². The number of hydrogen-bond donors (Lipinski definition) is 2. The molecule has 0 spiro atoms. The number of nitrogens with one attached hydrogen (secondary N) is 2. The molecule has 4 aromatic rings. The lowest BCUT2D eigenvalue weighted by Crippen LogP contribution is -2.43. The summed E-state index contributed by atoms with van der Waals surface area (Å²) in [5.74, 6) is -0.908. The van der Waals surface area contributed by atoms with Crippen LogP contribution in [0.15, 0.2) is 59.6 Å². The van der Waals surface area contributed by atoms with E-state index in [0.717, 1.165) is 31.7 Å². The van der Waals surface area contributed by atoms with Crippen molar-refractivity contribution < 1.29 is 27.1 Å². The monoisotopic (exact) mass is 670 g/mol. The van der Waals surface area contributed by atoms with Gasteiger partial charge in [-0.3, -0.25) is 4.72 Å². The molecule has 1 aliphatic carbocycles. The first-order valence-corrected chi connectivity index (χ1v) is 16.6. The first-order valence-electron chi connectivity index (χ1n) is 14.8. The molecule has 1 amide bonds. The van der Waals surface area contributed by atoms with Crippen LogP contribution < -0.4 is 14.8 Å². The molecule has 46 heavy (non-hydrogen) atoms. The highest BCUT2D eigenvalue weighted by Crippen LogP contribution is 2.34. The van der Waals surface area contributed by atoms with Crippen LogP contribution in [0.5, 0.6) is 5.88 Å². The molecule has 2 N–H and O–H groups in total. The van der Waals surface area contributed by atoms with Gasteiger partial charge in [0.1, 0.15) is 10.5 Å². The minimum absolute atomic E-state index is 0.00811. The number of benzene rings is 2. The second-order valence-electron chi connectivity index (χ2n) is 12.1. The molecule has 2 heterocycles. The Labute approximate surface area is 272 Å². The molecule has 0 radical (unpaired) electrons. The van der Waals surface area contributed by atoms with E-state index in [2.05, 4.69) is 25.0 Å². The van der Waals surface area contributed by atoms with Crippen LogP contribution in [-0.4, -0.2) is 66.2 Å². The standard InChI is InChI=1S/C32H36ClFN6O5S/c1-32(2,3)45-31(41)40(4)22-13-11-21(12-14-22)36-30-35-18-20-16-19(10-15-26(20)37-30)23-17-25(34)28(38-29(23)44-5)39-46(42,43)27-9-7-6-8-24(27)33/h6-10,15-18,21-22H,11-14H2,1-5H3,(H,38,39)(H,35,36,37)/t21-,22-. The Kier molecular flexibility index (Phi) is 9.54. The SMILES string of the molecule is COc1nc(NS(=O)(=O)c2ccccc2Cl)c(F)cc1-c1ccc2nc(N[C@H]3CC[C@H](N(C)C(=O)OC(C)(C)C)CC3)ncc2c1. The third-order valence-corrected chi connectivity index (χ3v) is 9.48. The molecular formula is C32H36ClFN6O5S. The normalized spacial score (nSPS) is 16.9. The maximum atomic E-state index is 15.2. The van der Waals surface area contributed by atoms with Crippen molar-refractivity contribution in [2.45, 2.75) is 69.0 Å². The zero-order valence-corrected chi connectivity index (χ0v) is 27.7. The highest BCUT2D eigenvalue weighted by molar-refractivity contribution is 7.92. The zero-order chi connectivity index (χ0) is 33.2. The number of rotatable bonds is 8. The lowest BCUT2D eigenvalue weighted by molar-refractivity contribution is 0.0185. The molecule has 0 saturated heterocycles. The van der Waals surface area contributed by atoms with Crippen LogP contribution in [0.2, 0.25) is 5.02 Å². The van der Waals surface area contributed by atoms with Gasteiger partial charge in [-0.1, -0.05) is 29.8 Å². The molecule has 2 aromatic carbocycles. The van der Waals surface area contributed by atoms with E-state index < -0.39 is 27.3 Å². The van der Waals surface area contributed by atoms with E-state index in [4.69, 9.17) is 21.1 Å². The number of hydrogen-bond acceptors (Lipinski definition) is 9. The quantitative estimate of drug-likeness (QED) is 0.206. The van der Waals surface area contributed by atoms with Gasteiger partial charge in [0.25, 0.3) is 10.0 Å². The number of nitrogens with zero attached hydrogens (tertiary/aromatic N) is 4. The maximum Gasteiger partial charge on any atom is 0.410 e. The fourth-order valence-electron chi connectivity index (χ4n) is 5.29. The van der Waals surface area contributed by atoms with Crippen molar-refractivity contribution in [2.75, 3.05) is 24.2 Å². The van der Waals surface area contributed by atoms with Crippen LogP contribution in [-0.2, 0) is 14.8 Å². The zero-order valence-electron chi connectivity index (χ0n) is 26.2. The van der Waals surface area contributed by atoms with Crippen molar-refractivity contribution in [3.05, 3.63) is 65.6 Å². The minimum Gasteiger partial charge on any atom is -0.480 e. The second-order valence-corrected chi connectivity index (χ2v) is 14.2. The summed E-state index contributed by atoms with van der Waals surface area (Å²) in [5.41, 5.74) is 1.03. The van der Waals surface area contributed by atoms with Gasteiger partial charge in [0.05, 0.1) is 17.6 Å². The first-order chi connectivity index (χ1) is 21.7. The molecular weight excluding hydrogens is 635 g/mol. The molecule has 0 unspecified atom stereocenters. The molecule has 0 aliphatic heterocycles. The molecule has 0 bridgehead atoms. The Morgan fingerprint density at radius 1 is 1.07 bits per heavy atom. The number of aromatic nitrogens is 3. The Balaban J connectivity index is 1.28. The van der Waals surface area contributed by atoms with Gasteiger partial charge < -0.3 is 19.7 Å². The molecule has 14 heteroatoms. The van der Waals surface area contributed by atoms with E-state index in [-0.39, 0.29) is 34.0 Å². The van der Waals surface area contributed by atoms with Gasteiger partial charge >= 0.3 is 6.09 Å². The fourth-order valence-corrected chi connectivity index (χ4v) is 6.82. The third kappa shape index (κ3) is 7.59. The highest BCUT2D eigenvalue weighted by atomic mass is 35.5. The number of amides is 1. The van der Waals surface area contributed by atoms with E-state index >= 15 is 4.39 Å². The van der Waals surface area contributed by atoms with Crippen molar-refractivity contribution in [2.24, 2.45) is 0 Å². The average molecular weight is 671 g/mol. The lowest BCUT2D eigenvalue weighted by atomic mass is 9.90. The van der Waals surface area contributed by atoms with Gasteiger partial charge in [-0.25, -0.2) is 27.6 Å². The molecule has 2 aromatic heterocycles. The third-order valence-electron chi connectivity index (χ3n) is 7.64. The predicted octanol–water partition coefficient (Wildman–Crippen LogP) is 6.88. The topological polar surface area (TPSA) is 136 Å². The van der Waals surface area contributed by atoms with E-state index in [1.165, 1.54) is 25.3 Å². The lowest BCUT2D eigenvalue weighted by Gasteiger charge is -2.35. The molecule has 1 aliphatic rings. The summed E-state index contributed by atoms with van der Waals surface area (Å²) in [7, 11) is -1.07. The van der Waals surface area contributed by atoms with Crippen LogP contribution in [0.25, 0.3) is 22.0 Å². The predicted molar refractivity (Wildman–Crippen MR) is 175 cm³/mol. The summed E-state index contributed by atoms with van der Waals surface area (Å²) in [4.78, 5) is 27.2. The van der Waals surface area contributed by atoms with Gasteiger partial charge in [-0.15, -0.1) is 0 Å². The summed E-state index contributed by atoms with van der Waals surface area (Å²) in [6.07, 6.45) is 4.72. The summed E-state index contributed by atoms with van der Waals surface area (Å²) in [6.45, 7) is 5.57. The summed E-state index contributed by atoms with van der Waals surface area (Å²) in [5, 5.41) is 4.11. The first kappa shape index (κ1) is 33.1. The number of fused-ring (bicyclic) bond motifs is 1. The van der Waals surface area contributed by atoms with E-state index in [1.54, 1.807) is 42.4 Å². The van der Waals surface area contributed by atoms with Crippen LogP contribution in [0.4, 0.5) is 21.0 Å². The molecule has 11 nitrogen and oxygen atoms in total. The average Bonchev–Trinajstić information content (AvgIpc) is 3.01. The molecule has 1 fully saturated rings. The van der Waals surface area contributed by atoms with Crippen molar-refractivity contribution in [3.63, 3.8) is 0 Å². The van der Waals surface area contributed by atoms with Crippen LogP contribution in [0.1, 0.15) is 46.5 Å². The Bertz CT molecular complexity index is 1860. The van der Waals surface area contributed by atoms with Gasteiger partial charge in [0, 0.05) is 36.3 Å². The number of halogens is 2. The number of anilines is 2. The van der Waals surface area contributed by atoms with Crippen molar-refractivity contribution >= 4 is 50.4 Å². The van der Waals surface area contributed by atoms with Crippen molar-refractivity contribution in [3.8, 4) is 17.0 Å². The number of methoxy groups -OCH3 is 1. The molecule has 244 valence electrons. The number of pyridine rings is 1. The number of carbonyl (C=O) groups excluding carboxylic acids is 1. The number of sulfonamides is 1. The van der Waals surface area contributed by atoms with Gasteiger partial charge in [-0.2, -0.15) is 4.98 Å². The molecule has 0 atom stereocenters. The summed E-state index contributed by atoms with van der Waals surface area (Å²) < 4.78 is 54.0. The van der Waals surface area contributed by atoms with Crippen LogP contribution >= 0.6 is 11.6 Å². The molecule has 1 saturated carbocycles. The Morgan fingerprint density at radius 3 is 2.46 bits per heavy atom. The van der Waals surface area contributed by atoms with Crippen LogP contribution in [0.3, 0.4) is 0 Å². The molecule has 5 rings (SSSR count). The van der Waals surface area contributed by atoms with Gasteiger partial charge in [0.2, 0.25) is 11.8 Å². The Morgan fingerprint density at radius 2 is 1.78 bits per heavy atom. The summed E-state index contributed by atoms with van der Waals surface area (Å²) >= 11 is 6.04. The highest BCUT2D eigenvalue weighted by Gasteiger charge is 2.30. The maximum absolute atomic E-state index is 15.2. The number of carbonyl (C=O) groups is 1. The van der Waals surface area contributed by atoms with E-state index in [9.17, 15) is 13.2 Å². The van der Waals surface area contributed by atoms with Gasteiger partial charge in [0.15, 0.2) is 11.6 Å². The van der Waals surface area contributed by atoms with E-state index in [0.29, 0.717) is 28.0 Å². The summed E-state index contributed by atoms with van der Waals surface area (Å²) in [6, 6.07) is 12.6. The van der Waals surface area contributed by atoms with E-state index in [1.807, 2.05) is 20.8 Å². The minimum atomic E-state index is -4.21. The smallest absolute Gasteiger partial charge is 0.410 e. The number of ether oxygens (including phenoxy) is 2. The second kappa shape index (κ2) is 13.2. The van der Waals surface area contributed by atoms with Crippen LogP contribution in [0, 0.1) is 5.82 Å². The van der Waals surface area contributed by atoms with Crippen molar-refractivity contribution in [1.82, 2.24) is 19.9 Å². The Hall–Kier alpha value is -4.23.